The van der Waals surface area contributed by atoms with E-state index in [1.54, 1.807) is 30.2 Å². The maximum atomic E-state index is 12.5. The van der Waals surface area contributed by atoms with Crippen molar-refractivity contribution in [1.29, 1.82) is 0 Å². The van der Waals surface area contributed by atoms with Gasteiger partial charge in [0.2, 0.25) is 5.91 Å². The Morgan fingerprint density at radius 3 is 2.77 bits per heavy atom. The Labute approximate surface area is 160 Å². The van der Waals surface area contributed by atoms with E-state index in [0.717, 1.165) is 17.8 Å². The van der Waals surface area contributed by atoms with Crippen molar-refractivity contribution < 1.29 is 14.3 Å². The first-order valence-electron chi connectivity index (χ1n) is 8.46. The van der Waals surface area contributed by atoms with Crippen molar-refractivity contribution in [3.8, 4) is 5.75 Å². The van der Waals surface area contributed by atoms with Crippen molar-refractivity contribution in [3.63, 3.8) is 0 Å². The maximum Gasteiger partial charge on any atom is 0.277 e. The summed E-state index contributed by atoms with van der Waals surface area (Å²) in [7, 11) is 1.55. The number of aromatic nitrogens is 2. The van der Waals surface area contributed by atoms with Crippen molar-refractivity contribution >= 4 is 39.1 Å². The van der Waals surface area contributed by atoms with Crippen molar-refractivity contribution in [3.05, 3.63) is 34.1 Å². The van der Waals surface area contributed by atoms with Gasteiger partial charge in [0.1, 0.15) is 5.75 Å². The van der Waals surface area contributed by atoms with E-state index in [0.29, 0.717) is 34.6 Å². The molecule has 1 aliphatic rings. The topological polar surface area (TPSA) is 87.3 Å². The lowest BCUT2D eigenvalue weighted by Crippen LogP contribution is -2.24. The van der Waals surface area contributed by atoms with E-state index in [-0.39, 0.29) is 17.7 Å². The van der Waals surface area contributed by atoms with Crippen LogP contribution in [0.2, 0.25) is 0 Å². The van der Waals surface area contributed by atoms with E-state index in [4.69, 9.17) is 4.74 Å². The summed E-state index contributed by atoms with van der Waals surface area (Å²) in [6.07, 6.45) is 1.39. The summed E-state index contributed by atoms with van der Waals surface area (Å²) in [5, 5.41) is 9.81. The number of nitrogens with zero attached hydrogens (tertiary/aromatic N) is 2. The summed E-state index contributed by atoms with van der Waals surface area (Å²) in [4.78, 5) is 26.2. The third-order valence-electron chi connectivity index (χ3n) is 4.33. The number of hydrogen-bond donors (Lipinski definition) is 2. The maximum absolute atomic E-state index is 12.5. The van der Waals surface area contributed by atoms with Gasteiger partial charge in [-0.25, -0.2) is 0 Å². The molecule has 0 radical (unpaired) electrons. The number of halogens is 1. The molecule has 2 N–H and O–H groups in total. The fourth-order valence-electron chi connectivity index (χ4n) is 2.95. The van der Waals surface area contributed by atoms with Gasteiger partial charge in [-0.05, 0) is 40.4 Å². The molecule has 0 saturated carbocycles. The van der Waals surface area contributed by atoms with Gasteiger partial charge in [-0.1, -0.05) is 13.8 Å². The quantitative estimate of drug-likeness (QED) is 0.771. The fourth-order valence-corrected chi connectivity index (χ4v) is 3.76. The molecular formula is C18H21BrN4O3. The molecule has 2 amide bonds. The number of ether oxygens (including phenoxy) is 1. The number of carbonyl (C=O) groups is 2. The van der Waals surface area contributed by atoms with Gasteiger partial charge >= 0.3 is 0 Å². The second kappa shape index (κ2) is 7.49. The van der Waals surface area contributed by atoms with E-state index in [1.165, 1.54) is 0 Å². The molecule has 1 aromatic heterocycles. The first-order valence-corrected chi connectivity index (χ1v) is 9.25. The fraction of sp³-hybridized carbons (Fsp3) is 0.389. The summed E-state index contributed by atoms with van der Waals surface area (Å²) >= 11 is 3.43. The number of H-pyrrole nitrogens is 1. The Morgan fingerprint density at radius 2 is 2.19 bits per heavy atom. The zero-order valence-corrected chi connectivity index (χ0v) is 16.5. The molecule has 2 aromatic rings. The number of hydrogen-bond acceptors (Lipinski definition) is 4. The molecule has 26 heavy (non-hydrogen) atoms. The highest BCUT2D eigenvalue weighted by atomic mass is 79.9. The Balaban J connectivity index is 1.82. The Kier molecular flexibility index (Phi) is 5.31. The molecule has 0 atom stereocenters. The standard InChI is InChI=1S/C18H21BrN4O3/c1-10(2)16-15(19)17(22-21-16)18(25)20-11-6-7-12(13(9-11)26-3)23-8-4-5-14(23)24/h6-7,9-10H,4-5,8H2,1-3H3,(H,20,25)(H,21,22). The predicted octanol–water partition coefficient (Wildman–Crippen LogP) is 3.68. The minimum atomic E-state index is -0.327. The highest BCUT2D eigenvalue weighted by Gasteiger charge is 2.25. The Bertz CT molecular complexity index is 847. The zero-order valence-electron chi connectivity index (χ0n) is 14.9. The zero-order chi connectivity index (χ0) is 18.8. The minimum absolute atomic E-state index is 0.0850. The van der Waals surface area contributed by atoms with Crippen LogP contribution in [0.4, 0.5) is 11.4 Å². The molecule has 0 spiro atoms. The molecule has 1 aromatic carbocycles. The van der Waals surface area contributed by atoms with Crippen LogP contribution in [0.3, 0.4) is 0 Å². The molecule has 2 heterocycles. The van der Waals surface area contributed by atoms with Crippen LogP contribution in [0.1, 0.15) is 48.8 Å². The second-order valence-electron chi connectivity index (χ2n) is 6.44. The summed E-state index contributed by atoms with van der Waals surface area (Å²) < 4.78 is 6.08. The summed E-state index contributed by atoms with van der Waals surface area (Å²) in [5.41, 5.74) is 2.46. The normalized spacial score (nSPS) is 14.2. The number of aromatic amines is 1. The number of nitrogens with one attached hydrogen (secondary N) is 2. The van der Waals surface area contributed by atoms with Crippen LogP contribution in [-0.4, -0.2) is 35.7 Å². The number of carbonyl (C=O) groups excluding carboxylic acids is 2. The van der Waals surface area contributed by atoms with Crippen molar-refractivity contribution in [2.45, 2.75) is 32.6 Å². The van der Waals surface area contributed by atoms with Gasteiger partial charge in [0.25, 0.3) is 5.91 Å². The summed E-state index contributed by atoms with van der Waals surface area (Å²) in [5.74, 6) is 0.520. The van der Waals surface area contributed by atoms with E-state index in [1.807, 2.05) is 13.8 Å². The van der Waals surface area contributed by atoms with Crippen LogP contribution in [-0.2, 0) is 4.79 Å². The summed E-state index contributed by atoms with van der Waals surface area (Å²) in [6, 6.07) is 5.25. The first kappa shape index (κ1) is 18.4. The second-order valence-corrected chi connectivity index (χ2v) is 7.24. The lowest BCUT2D eigenvalue weighted by atomic mass is 10.1. The van der Waals surface area contributed by atoms with Crippen LogP contribution in [0, 0.1) is 0 Å². The van der Waals surface area contributed by atoms with Crippen molar-refractivity contribution in [2.75, 3.05) is 23.9 Å². The van der Waals surface area contributed by atoms with Crippen molar-refractivity contribution in [2.24, 2.45) is 0 Å². The van der Waals surface area contributed by atoms with Crippen LogP contribution in [0.15, 0.2) is 22.7 Å². The largest absolute Gasteiger partial charge is 0.494 e. The number of amides is 2. The Morgan fingerprint density at radius 1 is 1.42 bits per heavy atom. The molecule has 0 bridgehead atoms. The molecular weight excluding hydrogens is 400 g/mol. The monoisotopic (exact) mass is 420 g/mol. The van der Waals surface area contributed by atoms with E-state index in [2.05, 4.69) is 31.4 Å². The van der Waals surface area contributed by atoms with Gasteiger partial charge in [0.15, 0.2) is 5.69 Å². The Hall–Kier alpha value is -2.35. The highest BCUT2D eigenvalue weighted by molar-refractivity contribution is 9.10. The number of anilines is 2. The number of methoxy groups -OCH3 is 1. The van der Waals surface area contributed by atoms with E-state index < -0.39 is 0 Å². The van der Waals surface area contributed by atoms with Gasteiger partial charge in [-0.15, -0.1) is 0 Å². The van der Waals surface area contributed by atoms with Gasteiger partial charge in [0, 0.05) is 24.7 Å². The SMILES string of the molecule is COc1cc(NC(=O)c2n[nH]c(C(C)C)c2Br)ccc1N1CCCC1=O. The first-order chi connectivity index (χ1) is 12.4. The lowest BCUT2D eigenvalue weighted by molar-refractivity contribution is -0.117. The molecule has 8 heteroatoms. The van der Waals surface area contributed by atoms with E-state index in [9.17, 15) is 9.59 Å². The average Bonchev–Trinajstić information content (AvgIpc) is 3.20. The number of benzene rings is 1. The minimum Gasteiger partial charge on any atom is -0.494 e. The van der Waals surface area contributed by atoms with Gasteiger partial charge in [0.05, 0.1) is 23.0 Å². The third kappa shape index (κ3) is 3.46. The number of rotatable bonds is 5. The van der Waals surface area contributed by atoms with E-state index >= 15 is 0 Å². The smallest absolute Gasteiger partial charge is 0.277 e. The van der Waals surface area contributed by atoms with Crippen LogP contribution >= 0.6 is 15.9 Å². The van der Waals surface area contributed by atoms with Crippen LogP contribution < -0.4 is 15.0 Å². The lowest BCUT2D eigenvalue weighted by Gasteiger charge is -2.19. The molecule has 0 aliphatic carbocycles. The van der Waals surface area contributed by atoms with Crippen molar-refractivity contribution in [1.82, 2.24) is 10.2 Å². The molecule has 7 nitrogen and oxygen atoms in total. The predicted molar refractivity (Wildman–Crippen MR) is 103 cm³/mol. The molecule has 1 saturated heterocycles. The van der Waals surface area contributed by atoms with Gasteiger partial charge in [-0.3, -0.25) is 14.7 Å². The van der Waals surface area contributed by atoms with Gasteiger partial charge < -0.3 is 15.0 Å². The van der Waals surface area contributed by atoms with Gasteiger partial charge in [-0.2, -0.15) is 5.10 Å². The highest BCUT2D eigenvalue weighted by Crippen LogP contribution is 2.34. The molecule has 138 valence electrons. The van der Waals surface area contributed by atoms with Crippen LogP contribution in [0.25, 0.3) is 0 Å². The molecule has 1 fully saturated rings. The summed E-state index contributed by atoms with van der Waals surface area (Å²) in [6.45, 7) is 4.71. The average molecular weight is 421 g/mol. The molecule has 0 unspecified atom stereocenters. The third-order valence-corrected chi connectivity index (χ3v) is 5.13. The molecule has 3 rings (SSSR count). The van der Waals surface area contributed by atoms with Crippen LogP contribution in [0.5, 0.6) is 5.75 Å². The molecule has 1 aliphatic heterocycles.